The van der Waals surface area contributed by atoms with E-state index >= 15 is 0 Å². The molecule has 3 N–H and O–H groups in total. The largest absolute Gasteiger partial charge is 0.399 e. The van der Waals surface area contributed by atoms with E-state index in [2.05, 4.69) is 0 Å². The summed E-state index contributed by atoms with van der Waals surface area (Å²) in [5.41, 5.74) is 6.07. The first-order valence-corrected chi connectivity index (χ1v) is 5.79. The predicted octanol–water partition coefficient (Wildman–Crippen LogP) is 1.11. The van der Waals surface area contributed by atoms with Gasteiger partial charge in [-0.15, -0.1) is 0 Å². The topological polar surface area (TPSA) is 66.6 Å². The molecule has 17 heavy (non-hydrogen) atoms. The summed E-state index contributed by atoms with van der Waals surface area (Å²) < 4.78 is 0. The van der Waals surface area contributed by atoms with Crippen LogP contribution in [0.3, 0.4) is 0 Å². The van der Waals surface area contributed by atoms with E-state index in [1.807, 2.05) is 13.8 Å². The molecule has 1 aromatic carbocycles. The van der Waals surface area contributed by atoms with E-state index in [9.17, 15) is 9.90 Å². The molecule has 0 radical (unpaired) electrons. The van der Waals surface area contributed by atoms with Gasteiger partial charge in [-0.3, -0.25) is 4.79 Å². The van der Waals surface area contributed by atoms with Crippen molar-refractivity contribution in [2.75, 3.05) is 18.8 Å². The molecule has 0 atom stereocenters. The number of amides is 1. The van der Waals surface area contributed by atoms with Gasteiger partial charge in [0.1, 0.15) is 5.60 Å². The van der Waals surface area contributed by atoms with Gasteiger partial charge in [0.25, 0.3) is 5.91 Å². The van der Waals surface area contributed by atoms with Crippen molar-refractivity contribution in [2.24, 2.45) is 5.92 Å². The number of benzene rings is 1. The van der Waals surface area contributed by atoms with Crippen molar-refractivity contribution in [3.63, 3.8) is 0 Å². The number of carbonyl (C=O) groups excluding carboxylic acids is 1. The minimum Gasteiger partial charge on any atom is -0.399 e. The molecule has 0 spiro atoms. The highest BCUT2D eigenvalue weighted by Crippen LogP contribution is 2.29. The van der Waals surface area contributed by atoms with Crippen molar-refractivity contribution in [1.29, 1.82) is 0 Å². The van der Waals surface area contributed by atoms with Crippen LogP contribution in [0.2, 0.25) is 0 Å². The molecule has 0 saturated carbocycles. The van der Waals surface area contributed by atoms with Crippen LogP contribution in [-0.2, 0) is 0 Å². The molecule has 0 aliphatic carbocycles. The summed E-state index contributed by atoms with van der Waals surface area (Å²) in [6.45, 7) is 4.72. The molecule has 1 amide bonds. The quantitative estimate of drug-likeness (QED) is 0.753. The molecule has 1 saturated heterocycles. The van der Waals surface area contributed by atoms with Crippen LogP contribution in [0.25, 0.3) is 0 Å². The number of rotatable bonds is 2. The Balaban J connectivity index is 2.05. The van der Waals surface area contributed by atoms with Crippen LogP contribution in [0, 0.1) is 5.92 Å². The van der Waals surface area contributed by atoms with Gasteiger partial charge in [-0.2, -0.15) is 0 Å². The van der Waals surface area contributed by atoms with Crippen LogP contribution in [0.5, 0.6) is 0 Å². The summed E-state index contributed by atoms with van der Waals surface area (Å²) in [6.07, 6.45) is 0. The molecule has 92 valence electrons. The average Bonchev–Trinajstić information content (AvgIpc) is 2.23. The lowest BCUT2D eigenvalue weighted by Gasteiger charge is -2.49. The average molecular weight is 234 g/mol. The highest BCUT2D eigenvalue weighted by molar-refractivity contribution is 5.95. The highest BCUT2D eigenvalue weighted by Gasteiger charge is 2.45. The van der Waals surface area contributed by atoms with E-state index < -0.39 is 5.60 Å². The third-order valence-electron chi connectivity index (χ3n) is 3.42. The minimum atomic E-state index is -0.726. The molecule has 4 nitrogen and oxygen atoms in total. The van der Waals surface area contributed by atoms with Gasteiger partial charge >= 0.3 is 0 Å². The Morgan fingerprint density at radius 2 is 2.12 bits per heavy atom. The number of anilines is 1. The summed E-state index contributed by atoms with van der Waals surface area (Å²) in [5, 5.41) is 10.1. The van der Waals surface area contributed by atoms with Crippen molar-refractivity contribution < 1.29 is 9.90 Å². The van der Waals surface area contributed by atoms with Gasteiger partial charge in [-0.25, -0.2) is 0 Å². The number of hydrogen-bond donors (Lipinski definition) is 2. The first-order valence-electron chi connectivity index (χ1n) is 5.79. The fraction of sp³-hybridized carbons (Fsp3) is 0.462. The number of aliphatic hydroxyl groups is 1. The van der Waals surface area contributed by atoms with E-state index in [-0.39, 0.29) is 11.8 Å². The van der Waals surface area contributed by atoms with Gasteiger partial charge < -0.3 is 15.7 Å². The Kier molecular flexibility index (Phi) is 2.83. The zero-order valence-corrected chi connectivity index (χ0v) is 10.2. The fourth-order valence-corrected chi connectivity index (χ4v) is 1.98. The van der Waals surface area contributed by atoms with Gasteiger partial charge in [0, 0.05) is 11.3 Å². The van der Waals surface area contributed by atoms with Crippen LogP contribution in [0.15, 0.2) is 24.3 Å². The fourth-order valence-electron chi connectivity index (χ4n) is 1.98. The number of nitrogen functional groups attached to an aromatic ring is 1. The SMILES string of the molecule is CC(C)C1(O)CN(C(=O)c2cccc(N)c2)C1. The number of hydrogen-bond acceptors (Lipinski definition) is 3. The van der Waals surface area contributed by atoms with Gasteiger partial charge in [-0.1, -0.05) is 19.9 Å². The molecule has 0 unspecified atom stereocenters. The number of β-amino-alcohol motifs (C(OH)–C–C–N with tert-alkyl or cyclic N) is 1. The maximum Gasteiger partial charge on any atom is 0.254 e. The van der Waals surface area contributed by atoms with Gasteiger partial charge in [0.15, 0.2) is 0 Å². The number of likely N-dealkylation sites (tertiary alicyclic amines) is 1. The number of nitrogens with zero attached hydrogens (tertiary/aromatic N) is 1. The normalized spacial score (nSPS) is 18.0. The van der Waals surface area contributed by atoms with Crippen molar-refractivity contribution in [3.05, 3.63) is 29.8 Å². The Labute approximate surface area is 101 Å². The Hall–Kier alpha value is -1.55. The monoisotopic (exact) mass is 234 g/mol. The van der Waals surface area contributed by atoms with E-state index in [0.29, 0.717) is 24.3 Å². The van der Waals surface area contributed by atoms with Gasteiger partial charge in [-0.05, 0) is 24.1 Å². The molecule has 4 heteroatoms. The first kappa shape index (κ1) is 11.9. The Morgan fingerprint density at radius 3 is 2.65 bits per heavy atom. The molecule has 1 aliphatic heterocycles. The zero-order valence-electron chi connectivity index (χ0n) is 10.2. The Morgan fingerprint density at radius 1 is 1.47 bits per heavy atom. The van der Waals surface area contributed by atoms with E-state index in [1.165, 1.54) is 0 Å². The summed E-state index contributed by atoms with van der Waals surface area (Å²) >= 11 is 0. The minimum absolute atomic E-state index is 0.0670. The lowest BCUT2D eigenvalue weighted by molar-refractivity contribution is -0.110. The lowest BCUT2D eigenvalue weighted by Crippen LogP contribution is -2.65. The molecule has 1 aliphatic rings. The second-order valence-electron chi connectivity index (χ2n) is 5.04. The lowest BCUT2D eigenvalue weighted by atomic mass is 9.82. The first-order chi connectivity index (χ1) is 7.92. The van der Waals surface area contributed by atoms with Crippen LogP contribution < -0.4 is 5.73 Å². The second-order valence-corrected chi connectivity index (χ2v) is 5.04. The van der Waals surface area contributed by atoms with Gasteiger partial charge in [0.2, 0.25) is 0 Å². The van der Waals surface area contributed by atoms with E-state index in [1.54, 1.807) is 29.2 Å². The predicted molar refractivity (Wildman–Crippen MR) is 66.5 cm³/mol. The van der Waals surface area contributed by atoms with Crippen LogP contribution in [0.4, 0.5) is 5.69 Å². The summed E-state index contributed by atoms with van der Waals surface area (Å²) in [5.74, 6) is 0.0926. The smallest absolute Gasteiger partial charge is 0.254 e. The molecular formula is C13H18N2O2. The Bertz CT molecular complexity index is 437. The zero-order chi connectivity index (χ0) is 12.6. The van der Waals surface area contributed by atoms with E-state index in [4.69, 9.17) is 5.73 Å². The van der Waals surface area contributed by atoms with Crippen molar-refractivity contribution >= 4 is 11.6 Å². The number of carbonyl (C=O) groups is 1. The van der Waals surface area contributed by atoms with Crippen molar-refractivity contribution in [1.82, 2.24) is 4.90 Å². The highest BCUT2D eigenvalue weighted by atomic mass is 16.3. The molecular weight excluding hydrogens is 216 g/mol. The third kappa shape index (κ3) is 2.13. The summed E-state index contributed by atoms with van der Waals surface area (Å²) in [6, 6.07) is 6.91. The summed E-state index contributed by atoms with van der Waals surface area (Å²) in [7, 11) is 0. The molecule has 2 rings (SSSR count). The van der Waals surface area contributed by atoms with Crippen LogP contribution >= 0.6 is 0 Å². The van der Waals surface area contributed by atoms with E-state index in [0.717, 1.165) is 0 Å². The third-order valence-corrected chi connectivity index (χ3v) is 3.42. The molecule has 0 aromatic heterocycles. The van der Waals surface area contributed by atoms with Crippen molar-refractivity contribution in [2.45, 2.75) is 19.4 Å². The molecule has 1 heterocycles. The van der Waals surface area contributed by atoms with Crippen LogP contribution in [0.1, 0.15) is 24.2 Å². The summed E-state index contributed by atoms with van der Waals surface area (Å²) in [4.78, 5) is 13.7. The maximum absolute atomic E-state index is 12.0. The standard InChI is InChI=1S/C13H18N2O2/c1-9(2)13(17)7-15(8-13)12(16)10-4-3-5-11(14)6-10/h3-6,9,17H,7-8,14H2,1-2H3. The maximum atomic E-state index is 12.0. The number of nitrogens with two attached hydrogens (primary N) is 1. The van der Waals surface area contributed by atoms with Crippen molar-refractivity contribution in [3.8, 4) is 0 Å². The second kappa shape index (κ2) is 4.04. The molecule has 1 aromatic rings. The molecule has 0 bridgehead atoms. The van der Waals surface area contributed by atoms with Crippen LogP contribution in [-0.4, -0.2) is 34.6 Å². The molecule has 1 fully saturated rings. The van der Waals surface area contributed by atoms with Gasteiger partial charge in [0.05, 0.1) is 13.1 Å².